The lowest BCUT2D eigenvalue weighted by atomic mass is 9.98. The highest BCUT2D eigenvalue weighted by atomic mass is 79.9. The highest BCUT2D eigenvalue weighted by molar-refractivity contribution is 9.10. The van der Waals surface area contributed by atoms with E-state index in [1.165, 1.54) is 12.0 Å². The van der Waals surface area contributed by atoms with Crippen LogP contribution in [0, 0.1) is 5.92 Å². The second kappa shape index (κ2) is 4.32. The zero-order chi connectivity index (χ0) is 9.97. The smallest absolute Gasteiger partial charge is 0.0357 e. The molecule has 0 saturated carbocycles. The number of anilines is 1. The van der Waals surface area contributed by atoms with Crippen molar-refractivity contribution in [3.05, 3.63) is 28.2 Å². The zero-order valence-electron chi connectivity index (χ0n) is 8.09. The van der Waals surface area contributed by atoms with Crippen LogP contribution >= 0.6 is 15.9 Å². The van der Waals surface area contributed by atoms with Crippen LogP contribution in [0.1, 0.15) is 12.0 Å². The van der Waals surface area contributed by atoms with Crippen LogP contribution in [0.5, 0.6) is 0 Å². The summed E-state index contributed by atoms with van der Waals surface area (Å²) in [6, 6.07) is 6.17. The Kier molecular flexibility index (Phi) is 3.08. The van der Waals surface area contributed by atoms with Gasteiger partial charge in [-0.25, -0.2) is 0 Å². The van der Waals surface area contributed by atoms with Crippen molar-refractivity contribution in [2.45, 2.75) is 12.8 Å². The van der Waals surface area contributed by atoms with E-state index in [1.54, 1.807) is 0 Å². The molecule has 3 heteroatoms. The van der Waals surface area contributed by atoms with Gasteiger partial charge < -0.3 is 11.1 Å². The summed E-state index contributed by atoms with van der Waals surface area (Å²) < 4.78 is 1.06. The Morgan fingerprint density at radius 3 is 3.00 bits per heavy atom. The molecule has 2 nitrogen and oxygen atoms in total. The van der Waals surface area contributed by atoms with Gasteiger partial charge in [0.25, 0.3) is 0 Å². The van der Waals surface area contributed by atoms with E-state index in [9.17, 15) is 0 Å². The van der Waals surface area contributed by atoms with Crippen LogP contribution in [-0.2, 0) is 6.42 Å². The maximum atomic E-state index is 5.95. The Morgan fingerprint density at radius 2 is 2.36 bits per heavy atom. The molecule has 0 aromatic heterocycles. The van der Waals surface area contributed by atoms with Gasteiger partial charge in [0.15, 0.2) is 0 Å². The summed E-state index contributed by atoms with van der Waals surface area (Å²) in [6.45, 7) is 2.29. The largest absolute Gasteiger partial charge is 0.398 e. The lowest BCUT2D eigenvalue weighted by Gasteiger charge is -2.10. The first-order valence-electron chi connectivity index (χ1n) is 5.00. The number of benzene rings is 1. The Morgan fingerprint density at radius 1 is 1.50 bits per heavy atom. The molecule has 76 valence electrons. The third-order valence-corrected chi connectivity index (χ3v) is 3.27. The van der Waals surface area contributed by atoms with Crippen LogP contribution in [0.2, 0.25) is 0 Å². The van der Waals surface area contributed by atoms with Crippen molar-refractivity contribution in [2.24, 2.45) is 5.92 Å². The van der Waals surface area contributed by atoms with Crippen LogP contribution in [0.4, 0.5) is 5.69 Å². The maximum absolute atomic E-state index is 5.95. The van der Waals surface area contributed by atoms with E-state index in [2.05, 4.69) is 33.4 Å². The van der Waals surface area contributed by atoms with E-state index < -0.39 is 0 Å². The average molecular weight is 255 g/mol. The molecule has 1 unspecified atom stereocenters. The predicted molar refractivity (Wildman–Crippen MR) is 63.2 cm³/mol. The molecule has 1 atom stereocenters. The molecule has 1 heterocycles. The molecular formula is C11H15BrN2. The molecule has 2 rings (SSSR count). The number of halogens is 1. The maximum Gasteiger partial charge on any atom is 0.0357 e. The van der Waals surface area contributed by atoms with Gasteiger partial charge in [0.2, 0.25) is 0 Å². The van der Waals surface area contributed by atoms with Gasteiger partial charge in [-0.05, 0) is 49.5 Å². The third-order valence-electron chi connectivity index (χ3n) is 2.78. The van der Waals surface area contributed by atoms with Gasteiger partial charge in [0, 0.05) is 10.2 Å². The molecule has 3 N–H and O–H groups in total. The SMILES string of the molecule is Nc1cc(Br)ccc1CC1CCNC1. The summed E-state index contributed by atoms with van der Waals surface area (Å²) >= 11 is 3.42. The Balaban J connectivity index is 2.08. The summed E-state index contributed by atoms with van der Waals surface area (Å²) in [4.78, 5) is 0. The second-order valence-electron chi connectivity index (χ2n) is 3.91. The molecule has 1 fully saturated rings. The van der Waals surface area contributed by atoms with Gasteiger partial charge >= 0.3 is 0 Å². The van der Waals surface area contributed by atoms with E-state index in [-0.39, 0.29) is 0 Å². The van der Waals surface area contributed by atoms with Crippen molar-refractivity contribution >= 4 is 21.6 Å². The fraction of sp³-hybridized carbons (Fsp3) is 0.455. The van der Waals surface area contributed by atoms with E-state index in [0.717, 1.165) is 35.6 Å². The van der Waals surface area contributed by atoms with E-state index in [0.29, 0.717) is 0 Å². The zero-order valence-corrected chi connectivity index (χ0v) is 9.68. The molecule has 1 aliphatic heterocycles. The molecule has 0 amide bonds. The Hall–Kier alpha value is -0.540. The molecule has 1 aromatic rings. The van der Waals surface area contributed by atoms with Gasteiger partial charge in [0.05, 0.1) is 0 Å². The van der Waals surface area contributed by atoms with Gasteiger partial charge in [-0.15, -0.1) is 0 Å². The van der Waals surface area contributed by atoms with Crippen LogP contribution in [0.15, 0.2) is 22.7 Å². The highest BCUT2D eigenvalue weighted by Gasteiger charge is 2.15. The molecule has 0 radical (unpaired) electrons. The molecule has 1 saturated heterocycles. The van der Waals surface area contributed by atoms with Crippen LogP contribution in [0.25, 0.3) is 0 Å². The van der Waals surface area contributed by atoms with Crippen molar-refractivity contribution in [3.63, 3.8) is 0 Å². The molecule has 14 heavy (non-hydrogen) atoms. The van der Waals surface area contributed by atoms with Crippen LogP contribution < -0.4 is 11.1 Å². The number of hydrogen-bond acceptors (Lipinski definition) is 2. The minimum atomic E-state index is 0.762. The fourth-order valence-electron chi connectivity index (χ4n) is 1.95. The molecule has 0 spiro atoms. The van der Waals surface area contributed by atoms with Crippen molar-refractivity contribution in [3.8, 4) is 0 Å². The molecule has 0 aliphatic carbocycles. The van der Waals surface area contributed by atoms with Crippen molar-refractivity contribution < 1.29 is 0 Å². The van der Waals surface area contributed by atoms with E-state index >= 15 is 0 Å². The number of nitrogens with one attached hydrogen (secondary N) is 1. The normalized spacial score (nSPS) is 21.4. The summed E-state index contributed by atoms with van der Waals surface area (Å²) in [5.41, 5.74) is 8.14. The number of nitrogen functional groups attached to an aromatic ring is 1. The van der Waals surface area contributed by atoms with Crippen molar-refractivity contribution in [1.82, 2.24) is 5.32 Å². The number of nitrogens with two attached hydrogens (primary N) is 1. The molecule has 1 aliphatic rings. The van der Waals surface area contributed by atoms with E-state index in [4.69, 9.17) is 5.73 Å². The fourth-order valence-corrected chi connectivity index (χ4v) is 2.33. The number of rotatable bonds is 2. The van der Waals surface area contributed by atoms with Crippen molar-refractivity contribution in [2.75, 3.05) is 18.8 Å². The first-order valence-corrected chi connectivity index (χ1v) is 5.79. The lowest BCUT2D eigenvalue weighted by Crippen LogP contribution is -2.11. The third kappa shape index (κ3) is 2.28. The Bertz CT molecular complexity index is 319. The first-order chi connectivity index (χ1) is 6.75. The van der Waals surface area contributed by atoms with Crippen LogP contribution in [-0.4, -0.2) is 13.1 Å². The summed E-state index contributed by atoms with van der Waals surface area (Å²) in [7, 11) is 0. The standard InChI is InChI=1S/C11H15BrN2/c12-10-2-1-9(11(13)6-10)5-8-3-4-14-7-8/h1-2,6,8,14H,3-5,7,13H2. The first kappa shape index (κ1) is 9.99. The second-order valence-corrected chi connectivity index (χ2v) is 4.82. The summed E-state index contributed by atoms with van der Waals surface area (Å²) in [5, 5.41) is 3.37. The lowest BCUT2D eigenvalue weighted by molar-refractivity contribution is 0.581. The highest BCUT2D eigenvalue weighted by Crippen LogP contribution is 2.23. The van der Waals surface area contributed by atoms with Crippen molar-refractivity contribution in [1.29, 1.82) is 0 Å². The summed E-state index contributed by atoms with van der Waals surface area (Å²) in [5.74, 6) is 0.762. The predicted octanol–water partition coefficient (Wildman–Crippen LogP) is 2.18. The Labute approximate surface area is 93.0 Å². The van der Waals surface area contributed by atoms with Gasteiger partial charge in [0.1, 0.15) is 0 Å². The minimum absolute atomic E-state index is 0.762. The van der Waals surface area contributed by atoms with Gasteiger partial charge in [-0.3, -0.25) is 0 Å². The average Bonchev–Trinajstić information content (AvgIpc) is 2.62. The molecular weight excluding hydrogens is 240 g/mol. The molecule has 1 aromatic carbocycles. The van der Waals surface area contributed by atoms with Crippen LogP contribution in [0.3, 0.4) is 0 Å². The molecule has 0 bridgehead atoms. The number of hydrogen-bond donors (Lipinski definition) is 2. The van der Waals surface area contributed by atoms with Gasteiger partial charge in [-0.1, -0.05) is 22.0 Å². The summed E-state index contributed by atoms with van der Waals surface area (Å²) in [6.07, 6.45) is 2.38. The monoisotopic (exact) mass is 254 g/mol. The minimum Gasteiger partial charge on any atom is -0.398 e. The topological polar surface area (TPSA) is 38.0 Å². The quantitative estimate of drug-likeness (QED) is 0.795. The van der Waals surface area contributed by atoms with E-state index in [1.807, 2.05) is 6.07 Å². The van der Waals surface area contributed by atoms with Gasteiger partial charge in [-0.2, -0.15) is 0 Å².